The maximum Gasteiger partial charge on any atom is 0.191 e. The van der Waals surface area contributed by atoms with E-state index in [9.17, 15) is 0 Å². The molecule has 6 nitrogen and oxygen atoms in total. The summed E-state index contributed by atoms with van der Waals surface area (Å²) in [6.07, 6.45) is 2.54. The lowest BCUT2D eigenvalue weighted by molar-refractivity contribution is 0.152. The van der Waals surface area contributed by atoms with Gasteiger partial charge in [-0.15, -0.1) is 0 Å². The molecule has 0 saturated carbocycles. The number of nitrogens with zero attached hydrogens (tertiary/aromatic N) is 3. The Kier molecular flexibility index (Phi) is 10.3. The number of nitrogens with one attached hydrogen (secondary N) is 2. The van der Waals surface area contributed by atoms with Gasteiger partial charge in [0, 0.05) is 44.8 Å². The number of aliphatic imine (C=N–C) groups is 1. The van der Waals surface area contributed by atoms with Crippen LogP contribution in [0.1, 0.15) is 44.7 Å². The molecule has 6 heteroatoms. The van der Waals surface area contributed by atoms with E-state index in [0.29, 0.717) is 6.54 Å². The molecule has 0 amide bonds. The number of rotatable bonds is 10. The Bertz CT molecular complexity index is 624. The van der Waals surface area contributed by atoms with Crippen molar-refractivity contribution in [2.45, 2.75) is 53.2 Å². The summed E-state index contributed by atoms with van der Waals surface area (Å²) < 4.78 is 5.98. The molecule has 1 heterocycles. The molecule has 1 fully saturated rings. The van der Waals surface area contributed by atoms with Crippen LogP contribution >= 0.6 is 0 Å². The molecule has 0 aromatic heterocycles. The zero-order valence-electron chi connectivity index (χ0n) is 19.1. The average Bonchev–Trinajstić information content (AvgIpc) is 2.68. The Labute approximate surface area is 177 Å². The Morgan fingerprint density at radius 3 is 2.59 bits per heavy atom. The lowest BCUT2D eigenvalue weighted by Crippen LogP contribution is -2.44. The second-order valence-corrected chi connectivity index (χ2v) is 8.25. The van der Waals surface area contributed by atoms with Gasteiger partial charge in [0.05, 0.1) is 12.6 Å². The Morgan fingerprint density at radius 1 is 1.14 bits per heavy atom. The van der Waals surface area contributed by atoms with Gasteiger partial charge in [-0.2, -0.15) is 0 Å². The molecule has 1 aromatic rings. The van der Waals surface area contributed by atoms with E-state index < -0.39 is 0 Å². The van der Waals surface area contributed by atoms with E-state index >= 15 is 0 Å². The molecule has 0 atom stereocenters. The average molecular weight is 404 g/mol. The number of hydrogen-bond acceptors (Lipinski definition) is 4. The third-order valence-corrected chi connectivity index (χ3v) is 5.13. The molecule has 2 rings (SSSR count). The molecule has 0 spiro atoms. The summed E-state index contributed by atoms with van der Waals surface area (Å²) in [5, 5.41) is 6.83. The van der Waals surface area contributed by atoms with Crippen molar-refractivity contribution in [3.05, 3.63) is 29.3 Å². The van der Waals surface area contributed by atoms with Crippen LogP contribution < -0.4 is 15.4 Å². The van der Waals surface area contributed by atoms with Gasteiger partial charge >= 0.3 is 0 Å². The van der Waals surface area contributed by atoms with Gasteiger partial charge in [-0.25, -0.2) is 4.99 Å². The molecule has 1 saturated heterocycles. The highest BCUT2D eigenvalue weighted by Gasteiger charge is 2.12. The van der Waals surface area contributed by atoms with Crippen LogP contribution in [0.15, 0.2) is 23.2 Å². The van der Waals surface area contributed by atoms with E-state index in [4.69, 9.17) is 9.73 Å². The van der Waals surface area contributed by atoms with E-state index in [1.807, 2.05) is 0 Å². The van der Waals surface area contributed by atoms with Crippen LogP contribution in [0.2, 0.25) is 0 Å². The monoisotopic (exact) mass is 403 g/mol. The van der Waals surface area contributed by atoms with E-state index in [1.54, 1.807) is 0 Å². The summed E-state index contributed by atoms with van der Waals surface area (Å²) in [5.41, 5.74) is 2.33. The van der Waals surface area contributed by atoms with Crippen LogP contribution in [0, 0.1) is 6.92 Å². The van der Waals surface area contributed by atoms with Crippen LogP contribution in [0.4, 0.5) is 0 Å². The quantitative estimate of drug-likeness (QED) is 0.357. The van der Waals surface area contributed by atoms with E-state index in [-0.39, 0.29) is 6.10 Å². The lowest BCUT2D eigenvalue weighted by atomic mass is 10.1. The van der Waals surface area contributed by atoms with Crippen molar-refractivity contribution < 1.29 is 4.74 Å². The molecule has 1 aromatic carbocycles. The molecule has 1 aliphatic rings. The minimum atomic E-state index is 0.159. The smallest absolute Gasteiger partial charge is 0.191 e. The summed E-state index contributed by atoms with van der Waals surface area (Å²) in [6, 6.07) is 6.34. The van der Waals surface area contributed by atoms with Crippen molar-refractivity contribution in [3.63, 3.8) is 0 Å². The first kappa shape index (κ1) is 23.5. The van der Waals surface area contributed by atoms with Crippen molar-refractivity contribution in [2.24, 2.45) is 4.99 Å². The van der Waals surface area contributed by atoms with Crippen LogP contribution in [0.3, 0.4) is 0 Å². The number of hydrogen-bond donors (Lipinski definition) is 2. The third-order valence-electron chi connectivity index (χ3n) is 5.13. The number of likely N-dealkylation sites (N-methyl/N-ethyl adjacent to an activating group) is 1. The fraction of sp³-hybridized carbons (Fsp3) is 0.696. The molecule has 1 aliphatic heterocycles. The van der Waals surface area contributed by atoms with Crippen LogP contribution in [-0.4, -0.2) is 74.7 Å². The highest BCUT2D eigenvalue weighted by atomic mass is 16.5. The van der Waals surface area contributed by atoms with Gasteiger partial charge in [-0.1, -0.05) is 12.1 Å². The van der Waals surface area contributed by atoms with Gasteiger partial charge in [-0.05, 0) is 65.8 Å². The highest BCUT2D eigenvalue weighted by Crippen LogP contribution is 2.22. The molecule has 0 bridgehead atoms. The van der Waals surface area contributed by atoms with Crippen LogP contribution in [0.5, 0.6) is 5.75 Å². The lowest BCUT2D eigenvalue weighted by Gasteiger charge is -2.32. The predicted molar refractivity (Wildman–Crippen MR) is 123 cm³/mol. The van der Waals surface area contributed by atoms with Crippen LogP contribution in [0.25, 0.3) is 0 Å². The van der Waals surface area contributed by atoms with Crippen molar-refractivity contribution >= 4 is 5.96 Å². The van der Waals surface area contributed by atoms with Crippen LogP contribution in [-0.2, 0) is 6.54 Å². The van der Waals surface area contributed by atoms with Gasteiger partial charge in [-0.3, -0.25) is 0 Å². The fourth-order valence-electron chi connectivity index (χ4n) is 3.40. The summed E-state index contributed by atoms with van der Waals surface area (Å²) in [5.74, 6) is 1.81. The van der Waals surface area contributed by atoms with Crippen molar-refractivity contribution in [1.82, 2.24) is 20.4 Å². The second-order valence-electron chi connectivity index (χ2n) is 8.25. The second kappa shape index (κ2) is 12.7. The van der Waals surface area contributed by atoms with Gasteiger partial charge in [0.2, 0.25) is 0 Å². The summed E-state index contributed by atoms with van der Waals surface area (Å²) >= 11 is 0. The zero-order valence-corrected chi connectivity index (χ0v) is 19.1. The minimum Gasteiger partial charge on any atom is -0.491 e. The van der Waals surface area contributed by atoms with E-state index in [2.05, 4.69) is 73.4 Å². The topological polar surface area (TPSA) is 52.1 Å². The third kappa shape index (κ3) is 9.05. The van der Waals surface area contributed by atoms with E-state index in [1.165, 1.54) is 44.7 Å². The minimum absolute atomic E-state index is 0.159. The number of aryl methyl sites for hydroxylation is 1. The zero-order chi connectivity index (χ0) is 21.1. The SMILES string of the molecule is CCNC(=NCc1ccc(C)cc1OC(C)C)NCCCCN1CCN(C)CC1. The number of unbranched alkanes of at least 4 members (excludes halogenated alkanes) is 1. The number of benzene rings is 1. The maximum atomic E-state index is 5.98. The molecular formula is C23H41N5O. The summed E-state index contributed by atoms with van der Waals surface area (Å²) in [4.78, 5) is 9.76. The Hall–Kier alpha value is -1.79. The maximum absolute atomic E-state index is 5.98. The van der Waals surface area contributed by atoms with E-state index in [0.717, 1.165) is 36.8 Å². The van der Waals surface area contributed by atoms with Gasteiger partial charge < -0.3 is 25.2 Å². The van der Waals surface area contributed by atoms with Crippen molar-refractivity contribution in [3.8, 4) is 5.75 Å². The number of piperazine rings is 1. The largest absolute Gasteiger partial charge is 0.491 e. The molecule has 29 heavy (non-hydrogen) atoms. The highest BCUT2D eigenvalue weighted by molar-refractivity contribution is 5.79. The molecule has 0 aliphatic carbocycles. The summed E-state index contributed by atoms with van der Waals surface area (Å²) in [7, 11) is 2.21. The van der Waals surface area contributed by atoms with Crippen molar-refractivity contribution in [1.29, 1.82) is 0 Å². The fourth-order valence-corrected chi connectivity index (χ4v) is 3.40. The molecule has 2 N–H and O–H groups in total. The van der Waals surface area contributed by atoms with Gasteiger partial charge in [0.25, 0.3) is 0 Å². The van der Waals surface area contributed by atoms with Gasteiger partial charge in [0.1, 0.15) is 5.75 Å². The Balaban J connectivity index is 1.79. The van der Waals surface area contributed by atoms with Gasteiger partial charge in [0.15, 0.2) is 5.96 Å². The number of ether oxygens (including phenoxy) is 1. The summed E-state index contributed by atoms with van der Waals surface area (Å²) in [6.45, 7) is 16.7. The number of guanidine groups is 1. The van der Waals surface area contributed by atoms with Crippen molar-refractivity contribution in [2.75, 3.05) is 52.9 Å². The normalized spacial score (nSPS) is 16.3. The first-order chi connectivity index (χ1) is 14.0. The molecule has 0 radical (unpaired) electrons. The Morgan fingerprint density at radius 2 is 1.90 bits per heavy atom. The first-order valence-electron chi connectivity index (χ1n) is 11.2. The molecule has 164 valence electrons. The predicted octanol–water partition coefficient (Wildman–Crippen LogP) is 2.86. The first-order valence-corrected chi connectivity index (χ1v) is 11.2. The molecular weight excluding hydrogens is 362 g/mol. The standard InChI is InChI=1S/C23H41N5O/c1-6-24-23(25-11-7-8-12-28-15-13-27(5)14-16-28)26-18-21-10-9-20(4)17-22(21)29-19(2)3/h9-10,17,19H,6-8,11-16,18H2,1-5H3,(H2,24,25,26). The molecule has 0 unspecified atom stereocenters.